The van der Waals surface area contributed by atoms with Crippen molar-refractivity contribution in [1.82, 2.24) is 15.1 Å². The topological polar surface area (TPSA) is 59.0 Å². The predicted molar refractivity (Wildman–Crippen MR) is 83.9 cm³/mol. The van der Waals surface area contributed by atoms with Crippen LogP contribution in [0.25, 0.3) is 0 Å². The van der Waals surface area contributed by atoms with E-state index in [-0.39, 0.29) is 11.9 Å². The second-order valence-corrected chi connectivity index (χ2v) is 5.25. The minimum absolute atomic E-state index is 0.0568. The minimum atomic E-state index is -0.0568. The normalized spacial score (nSPS) is 12.2. The lowest BCUT2D eigenvalue weighted by atomic mass is 10.1. The number of anilines is 1. The minimum Gasteiger partial charge on any atom is -0.326 e. The van der Waals surface area contributed by atoms with Crippen LogP contribution in [0.1, 0.15) is 36.7 Å². The van der Waals surface area contributed by atoms with Gasteiger partial charge in [-0.05, 0) is 25.5 Å². The number of carbonyl (C=O) groups is 1. The molecule has 5 nitrogen and oxygen atoms in total. The molecule has 2 rings (SSSR count). The Balaban J connectivity index is 2.06. The highest BCUT2D eigenvalue weighted by molar-refractivity contribution is 5.89. The Morgan fingerprint density at radius 1 is 1.38 bits per heavy atom. The van der Waals surface area contributed by atoms with Gasteiger partial charge in [0.05, 0.1) is 6.20 Å². The number of carbonyl (C=O) groups excluding carboxylic acids is 1. The molecule has 112 valence electrons. The molecule has 1 aromatic carbocycles. The number of hydrogen-bond acceptors (Lipinski definition) is 3. The molecule has 0 aliphatic carbocycles. The van der Waals surface area contributed by atoms with E-state index >= 15 is 0 Å². The fourth-order valence-electron chi connectivity index (χ4n) is 2.30. The Bertz CT molecular complexity index is 633. The van der Waals surface area contributed by atoms with E-state index in [1.54, 1.807) is 0 Å². The van der Waals surface area contributed by atoms with Crippen molar-refractivity contribution in [3.8, 4) is 0 Å². The first-order chi connectivity index (χ1) is 9.99. The summed E-state index contributed by atoms with van der Waals surface area (Å²) in [6.45, 7) is 6.38. The van der Waals surface area contributed by atoms with Crippen LogP contribution < -0.4 is 10.6 Å². The van der Waals surface area contributed by atoms with Crippen LogP contribution in [0.2, 0.25) is 0 Å². The molecule has 1 unspecified atom stereocenters. The molecule has 2 aromatic rings. The molecular weight excluding hydrogens is 264 g/mol. The Morgan fingerprint density at radius 3 is 2.71 bits per heavy atom. The Kier molecular flexibility index (Phi) is 4.75. The van der Waals surface area contributed by atoms with Crippen molar-refractivity contribution >= 4 is 11.6 Å². The van der Waals surface area contributed by atoms with Crippen LogP contribution in [0.15, 0.2) is 30.5 Å². The molecule has 1 heterocycles. The molecule has 0 fully saturated rings. The number of nitrogens with zero attached hydrogens (tertiary/aromatic N) is 2. The number of para-hydroxylation sites is 1. The van der Waals surface area contributed by atoms with Gasteiger partial charge in [-0.3, -0.25) is 9.48 Å². The molecule has 0 aliphatic rings. The maximum atomic E-state index is 11.2. The second-order valence-electron chi connectivity index (χ2n) is 5.25. The smallest absolute Gasteiger partial charge is 0.221 e. The molecule has 5 heteroatoms. The van der Waals surface area contributed by atoms with E-state index in [1.165, 1.54) is 12.5 Å². The van der Waals surface area contributed by atoms with Gasteiger partial charge in [0.15, 0.2) is 0 Å². The van der Waals surface area contributed by atoms with Gasteiger partial charge in [-0.2, -0.15) is 5.10 Å². The van der Waals surface area contributed by atoms with E-state index in [0.717, 1.165) is 16.9 Å². The summed E-state index contributed by atoms with van der Waals surface area (Å²) < 4.78 is 1.87. The Hall–Kier alpha value is -2.14. The molecule has 2 N–H and O–H groups in total. The zero-order chi connectivity index (χ0) is 15.4. The molecule has 0 radical (unpaired) electrons. The number of aromatic nitrogens is 2. The molecule has 1 aromatic heterocycles. The van der Waals surface area contributed by atoms with Gasteiger partial charge in [0, 0.05) is 43.5 Å². The van der Waals surface area contributed by atoms with Crippen LogP contribution in [0.4, 0.5) is 5.69 Å². The number of hydrogen-bond donors (Lipinski definition) is 2. The summed E-state index contributed by atoms with van der Waals surface area (Å²) in [6, 6.07) is 8.02. The van der Waals surface area contributed by atoms with Gasteiger partial charge in [-0.25, -0.2) is 0 Å². The largest absolute Gasteiger partial charge is 0.326 e. The van der Waals surface area contributed by atoms with Crippen LogP contribution in [0.3, 0.4) is 0 Å². The van der Waals surface area contributed by atoms with Crippen molar-refractivity contribution in [3.05, 3.63) is 47.3 Å². The van der Waals surface area contributed by atoms with E-state index in [4.69, 9.17) is 0 Å². The van der Waals surface area contributed by atoms with Crippen LogP contribution in [-0.4, -0.2) is 15.7 Å². The highest BCUT2D eigenvalue weighted by Gasteiger charge is 2.12. The van der Waals surface area contributed by atoms with Gasteiger partial charge in [0.25, 0.3) is 0 Å². The SMILES string of the molecule is CC(=O)Nc1ccccc1CNC(C)c1cnn(C)c1C. The van der Waals surface area contributed by atoms with Crippen molar-refractivity contribution in [2.24, 2.45) is 7.05 Å². The third-order valence-corrected chi connectivity index (χ3v) is 3.67. The van der Waals surface area contributed by atoms with Crippen molar-refractivity contribution in [2.45, 2.75) is 33.4 Å². The van der Waals surface area contributed by atoms with E-state index in [9.17, 15) is 4.79 Å². The van der Waals surface area contributed by atoms with Crippen LogP contribution >= 0.6 is 0 Å². The van der Waals surface area contributed by atoms with Crippen molar-refractivity contribution in [3.63, 3.8) is 0 Å². The highest BCUT2D eigenvalue weighted by Crippen LogP contribution is 2.19. The third-order valence-electron chi connectivity index (χ3n) is 3.67. The standard InChI is InChI=1S/C16H22N4O/c1-11(15-10-18-20(4)12(15)2)17-9-14-7-5-6-8-16(14)19-13(3)21/h5-8,10-11,17H,9H2,1-4H3,(H,19,21). The van der Waals surface area contributed by atoms with E-state index in [0.29, 0.717) is 6.54 Å². The summed E-state index contributed by atoms with van der Waals surface area (Å²) in [5.74, 6) is -0.0568. The molecule has 1 atom stereocenters. The number of rotatable bonds is 5. The molecule has 0 saturated heterocycles. The van der Waals surface area contributed by atoms with Crippen LogP contribution in [0.5, 0.6) is 0 Å². The maximum absolute atomic E-state index is 11.2. The summed E-state index contributed by atoms with van der Waals surface area (Å²) in [5, 5.41) is 10.6. The lowest BCUT2D eigenvalue weighted by molar-refractivity contribution is -0.114. The third kappa shape index (κ3) is 3.70. The fraction of sp³-hybridized carbons (Fsp3) is 0.375. The van der Waals surface area contributed by atoms with Crippen molar-refractivity contribution in [1.29, 1.82) is 0 Å². The molecule has 0 saturated carbocycles. The quantitative estimate of drug-likeness (QED) is 0.888. The summed E-state index contributed by atoms with van der Waals surface area (Å²) in [6.07, 6.45) is 1.90. The van der Waals surface area contributed by atoms with Crippen LogP contribution in [0, 0.1) is 6.92 Å². The van der Waals surface area contributed by atoms with Gasteiger partial charge in [-0.1, -0.05) is 18.2 Å². The zero-order valence-corrected chi connectivity index (χ0v) is 13.0. The second kappa shape index (κ2) is 6.54. The number of amides is 1. The first-order valence-corrected chi connectivity index (χ1v) is 7.06. The van der Waals surface area contributed by atoms with E-state index < -0.39 is 0 Å². The van der Waals surface area contributed by atoms with Gasteiger partial charge in [-0.15, -0.1) is 0 Å². The molecule has 1 amide bonds. The Morgan fingerprint density at radius 2 is 2.10 bits per heavy atom. The maximum Gasteiger partial charge on any atom is 0.221 e. The predicted octanol–water partition coefficient (Wildman–Crippen LogP) is 2.54. The summed E-state index contributed by atoms with van der Waals surface area (Å²) in [7, 11) is 1.94. The molecule has 21 heavy (non-hydrogen) atoms. The van der Waals surface area contributed by atoms with Crippen molar-refractivity contribution < 1.29 is 4.79 Å². The lowest BCUT2D eigenvalue weighted by Gasteiger charge is -2.16. The molecular formula is C16H22N4O. The average molecular weight is 286 g/mol. The number of benzene rings is 1. The van der Waals surface area contributed by atoms with Crippen LogP contribution in [-0.2, 0) is 18.4 Å². The fourth-order valence-corrected chi connectivity index (χ4v) is 2.30. The van der Waals surface area contributed by atoms with E-state index in [1.807, 2.05) is 42.2 Å². The van der Waals surface area contributed by atoms with E-state index in [2.05, 4.69) is 29.6 Å². The molecule has 0 aliphatic heterocycles. The Labute approximate surface area is 125 Å². The summed E-state index contributed by atoms with van der Waals surface area (Å²) in [5.41, 5.74) is 4.27. The average Bonchev–Trinajstić information content (AvgIpc) is 2.77. The molecule has 0 bridgehead atoms. The van der Waals surface area contributed by atoms with Gasteiger partial charge in [0.1, 0.15) is 0 Å². The monoisotopic (exact) mass is 286 g/mol. The van der Waals surface area contributed by atoms with Crippen molar-refractivity contribution in [2.75, 3.05) is 5.32 Å². The van der Waals surface area contributed by atoms with Gasteiger partial charge < -0.3 is 10.6 Å². The number of aryl methyl sites for hydroxylation is 1. The van der Waals surface area contributed by atoms with Gasteiger partial charge >= 0.3 is 0 Å². The molecule has 0 spiro atoms. The summed E-state index contributed by atoms with van der Waals surface area (Å²) >= 11 is 0. The number of nitrogens with one attached hydrogen (secondary N) is 2. The first kappa shape index (κ1) is 15.3. The lowest BCUT2D eigenvalue weighted by Crippen LogP contribution is -2.20. The first-order valence-electron chi connectivity index (χ1n) is 7.06. The highest BCUT2D eigenvalue weighted by atomic mass is 16.1. The summed E-state index contributed by atoms with van der Waals surface area (Å²) in [4.78, 5) is 11.2. The zero-order valence-electron chi connectivity index (χ0n) is 13.0. The van der Waals surface area contributed by atoms with Gasteiger partial charge in [0.2, 0.25) is 5.91 Å².